The number of carbonyl (C=O) groups excluding carboxylic acids is 3. The minimum Gasteiger partial charge on any atom is -0.490 e. The van der Waals surface area contributed by atoms with E-state index in [0.717, 1.165) is 0 Å². The Bertz CT molecular complexity index is 974. The fourth-order valence-electron chi connectivity index (χ4n) is 2.67. The highest BCUT2D eigenvalue weighted by Crippen LogP contribution is 2.43. The largest absolute Gasteiger partial charge is 0.490 e. The molecule has 0 fully saturated rings. The Kier molecular flexibility index (Phi) is 6.92. The van der Waals surface area contributed by atoms with E-state index in [1.807, 2.05) is 13.8 Å². The Balaban J connectivity index is 2.61. The molecule has 0 heterocycles. The van der Waals surface area contributed by atoms with Crippen LogP contribution in [0.1, 0.15) is 48.5 Å². The highest BCUT2D eigenvalue weighted by atomic mass is 16.6. The fourth-order valence-corrected chi connectivity index (χ4v) is 2.67. The lowest BCUT2D eigenvalue weighted by molar-refractivity contribution is -0.134. The van der Waals surface area contributed by atoms with Crippen molar-refractivity contribution in [2.24, 2.45) is 0 Å². The first-order valence-electron chi connectivity index (χ1n) is 9.50. The van der Waals surface area contributed by atoms with Gasteiger partial charge in [0.2, 0.25) is 0 Å². The second-order valence-electron chi connectivity index (χ2n) is 7.94. The van der Waals surface area contributed by atoms with Gasteiger partial charge < -0.3 is 18.9 Å². The third-order valence-corrected chi connectivity index (χ3v) is 3.52. The van der Waals surface area contributed by atoms with E-state index in [9.17, 15) is 14.4 Å². The minimum absolute atomic E-state index is 0.0636. The summed E-state index contributed by atoms with van der Waals surface area (Å²) >= 11 is 0. The molecule has 1 N–H and O–H groups in total. The summed E-state index contributed by atoms with van der Waals surface area (Å²) in [5, 5.41) is 3.71. The minimum atomic E-state index is -0.645. The van der Waals surface area contributed by atoms with Gasteiger partial charge in [0.05, 0.1) is 6.10 Å². The number of esters is 2. The molecule has 8 nitrogen and oxygen atoms in total. The van der Waals surface area contributed by atoms with Gasteiger partial charge in [0, 0.05) is 36.4 Å². The summed E-state index contributed by atoms with van der Waals surface area (Å²) in [5.74, 6) is -0.582. The molecule has 0 aliphatic rings. The van der Waals surface area contributed by atoms with E-state index in [1.54, 1.807) is 39.0 Å². The van der Waals surface area contributed by atoms with E-state index in [2.05, 4.69) is 5.32 Å². The molecule has 0 spiro atoms. The quantitative estimate of drug-likeness (QED) is 0.549. The summed E-state index contributed by atoms with van der Waals surface area (Å²) in [4.78, 5) is 35.3. The van der Waals surface area contributed by atoms with Gasteiger partial charge in [-0.25, -0.2) is 4.79 Å². The lowest BCUT2D eigenvalue weighted by Crippen LogP contribution is -2.27. The van der Waals surface area contributed by atoms with Crippen LogP contribution in [-0.4, -0.2) is 29.7 Å². The van der Waals surface area contributed by atoms with Crippen LogP contribution < -0.4 is 19.5 Å². The third kappa shape index (κ3) is 6.37. The lowest BCUT2D eigenvalue weighted by Gasteiger charge is -2.20. The van der Waals surface area contributed by atoms with Gasteiger partial charge in [-0.2, -0.15) is 0 Å². The van der Waals surface area contributed by atoms with Gasteiger partial charge in [-0.1, -0.05) is 0 Å². The fraction of sp³-hybridized carbons (Fsp3) is 0.409. The van der Waals surface area contributed by atoms with Gasteiger partial charge in [-0.05, 0) is 52.8 Å². The maximum atomic E-state index is 12.1. The normalized spacial score (nSPS) is 11.2. The van der Waals surface area contributed by atoms with E-state index < -0.39 is 23.6 Å². The predicted molar refractivity (Wildman–Crippen MR) is 112 cm³/mol. The summed E-state index contributed by atoms with van der Waals surface area (Å²) < 4.78 is 21.7. The molecule has 0 aromatic heterocycles. The predicted octanol–water partition coefficient (Wildman–Crippen LogP) is 4.82. The first-order chi connectivity index (χ1) is 13.9. The monoisotopic (exact) mass is 417 g/mol. The number of nitrogens with one attached hydrogen (secondary N) is 1. The maximum absolute atomic E-state index is 12.1. The Morgan fingerprint density at radius 3 is 2.07 bits per heavy atom. The third-order valence-electron chi connectivity index (χ3n) is 3.52. The summed E-state index contributed by atoms with van der Waals surface area (Å²) in [6.07, 6.45) is -0.787. The highest BCUT2D eigenvalue weighted by Gasteiger charge is 2.21. The summed E-state index contributed by atoms with van der Waals surface area (Å²) in [6.45, 7) is 11.5. The second kappa shape index (κ2) is 9.02. The molecule has 8 heteroatoms. The molecule has 30 heavy (non-hydrogen) atoms. The maximum Gasteiger partial charge on any atom is 0.412 e. The highest BCUT2D eigenvalue weighted by molar-refractivity contribution is 6.00. The van der Waals surface area contributed by atoms with Crippen LogP contribution in [0.25, 0.3) is 10.8 Å². The van der Waals surface area contributed by atoms with Gasteiger partial charge >= 0.3 is 18.0 Å². The van der Waals surface area contributed by atoms with Crippen molar-refractivity contribution in [1.82, 2.24) is 0 Å². The van der Waals surface area contributed by atoms with Gasteiger partial charge in [0.25, 0.3) is 0 Å². The van der Waals surface area contributed by atoms with Crippen molar-refractivity contribution in [3.8, 4) is 17.2 Å². The van der Waals surface area contributed by atoms with Crippen LogP contribution in [0.4, 0.5) is 10.5 Å². The first kappa shape index (κ1) is 23.0. The number of anilines is 1. The Hall–Kier alpha value is -3.29. The van der Waals surface area contributed by atoms with Crippen molar-refractivity contribution in [3.63, 3.8) is 0 Å². The molecule has 0 aliphatic heterocycles. The van der Waals surface area contributed by atoms with Gasteiger partial charge in [-0.3, -0.25) is 14.9 Å². The zero-order chi connectivity index (χ0) is 22.6. The van der Waals surface area contributed by atoms with Crippen molar-refractivity contribution < 1.29 is 33.3 Å². The molecule has 2 aromatic carbocycles. The summed E-state index contributed by atoms with van der Waals surface area (Å²) in [5.41, 5.74) is -0.187. The zero-order valence-corrected chi connectivity index (χ0v) is 18.2. The van der Waals surface area contributed by atoms with E-state index in [0.29, 0.717) is 22.2 Å². The van der Waals surface area contributed by atoms with E-state index in [-0.39, 0.29) is 17.6 Å². The number of benzene rings is 2. The van der Waals surface area contributed by atoms with Crippen molar-refractivity contribution in [1.29, 1.82) is 0 Å². The Morgan fingerprint density at radius 1 is 0.900 bits per heavy atom. The van der Waals surface area contributed by atoms with Crippen molar-refractivity contribution in [3.05, 3.63) is 24.3 Å². The molecule has 0 bridgehead atoms. The number of amides is 1. The molecule has 0 aliphatic carbocycles. The smallest absolute Gasteiger partial charge is 0.412 e. The molecule has 0 saturated heterocycles. The Morgan fingerprint density at radius 2 is 1.53 bits per heavy atom. The van der Waals surface area contributed by atoms with Crippen LogP contribution in [0.15, 0.2) is 24.3 Å². The van der Waals surface area contributed by atoms with Gasteiger partial charge in [0.15, 0.2) is 11.5 Å². The second-order valence-corrected chi connectivity index (χ2v) is 7.94. The average Bonchev–Trinajstić information content (AvgIpc) is 2.55. The number of fused-ring (bicyclic) bond motifs is 1. The number of hydrogen-bond donors (Lipinski definition) is 1. The molecule has 0 unspecified atom stereocenters. The van der Waals surface area contributed by atoms with E-state index in [4.69, 9.17) is 18.9 Å². The van der Waals surface area contributed by atoms with Crippen molar-refractivity contribution in [2.75, 3.05) is 5.32 Å². The SMILES string of the molecule is CC(=O)Oc1cc(OC(C)C)c2cc(NC(=O)OC(C)(C)C)ccc2c1OC(C)=O. The van der Waals surface area contributed by atoms with Crippen LogP contribution in [0.5, 0.6) is 17.2 Å². The molecule has 1 amide bonds. The molecule has 162 valence electrons. The van der Waals surface area contributed by atoms with Gasteiger partial charge in [0.1, 0.15) is 11.4 Å². The topological polar surface area (TPSA) is 100 Å². The molecule has 0 saturated carbocycles. The Labute approximate surface area is 175 Å². The van der Waals surface area contributed by atoms with Crippen molar-refractivity contribution in [2.45, 2.75) is 60.2 Å². The number of rotatable bonds is 5. The number of ether oxygens (including phenoxy) is 4. The van der Waals surface area contributed by atoms with Crippen LogP contribution >= 0.6 is 0 Å². The van der Waals surface area contributed by atoms with Crippen molar-refractivity contribution >= 4 is 34.5 Å². The van der Waals surface area contributed by atoms with Crippen LogP contribution in [0.2, 0.25) is 0 Å². The molecular formula is C22H27NO7. The first-order valence-corrected chi connectivity index (χ1v) is 9.50. The molecule has 0 radical (unpaired) electrons. The zero-order valence-electron chi connectivity index (χ0n) is 18.2. The molecule has 0 atom stereocenters. The summed E-state index contributed by atoms with van der Waals surface area (Å²) in [6, 6.07) is 6.41. The van der Waals surface area contributed by atoms with Crippen LogP contribution in [0.3, 0.4) is 0 Å². The molecule has 2 aromatic rings. The standard InChI is InChI=1S/C22H27NO7/c1-12(2)27-18-11-19(28-13(3)24)20(29-14(4)25)16-9-8-15(10-17(16)18)23-21(26)30-22(5,6)7/h8-12H,1-7H3,(H,23,26). The van der Waals surface area contributed by atoms with Crippen LogP contribution in [-0.2, 0) is 14.3 Å². The number of hydrogen-bond acceptors (Lipinski definition) is 7. The average molecular weight is 417 g/mol. The van der Waals surface area contributed by atoms with Crippen LogP contribution in [0, 0.1) is 0 Å². The van der Waals surface area contributed by atoms with Gasteiger partial charge in [-0.15, -0.1) is 0 Å². The molecule has 2 rings (SSSR count). The van der Waals surface area contributed by atoms with E-state index in [1.165, 1.54) is 19.9 Å². The lowest BCUT2D eigenvalue weighted by atomic mass is 10.1. The van der Waals surface area contributed by atoms with E-state index >= 15 is 0 Å². The molecular weight excluding hydrogens is 390 g/mol. The number of carbonyl (C=O) groups is 3. The summed E-state index contributed by atoms with van der Waals surface area (Å²) in [7, 11) is 0.